The third-order valence-electron chi connectivity index (χ3n) is 1.33. The highest BCUT2D eigenvalue weighted by atomic mass is 31.0. The standard InChI is InChI=1S/C8H11OP/c1-7-4-2-3-5-8(7)9-6-10/h2-5H,6,10H2,1H3. The van der Waals surface area contributed by atoms with Crippen molar-refractivity contribution >= 4 is 9.24 Å². The fourth-order valence-electron chi connectivity index (χ4n) is 0.808. The SMILES string of the molecule is Cc1ccccc1OCP. The number of benzene rings is 1. The molecule has 54 valence electrons. The summed E-state index contributed by atoms with van der Waals surface area (Å²) in [6, 6.07) is 7.99. The van der Waals surface area contributed by atoms with Crippen LogP contribution in [0.25, 0.3) is 0 Å². The second kappa shape index (κ2) is 3.58. The van der Waals surface area contributed by atoms with E-state index in [0.29, 0.717) is 6.35 Å². The number of rotatable bonds is 2. The first-order valence-corrected chi connectivity index (χ1v) is 4.04. The molecule has 1 rings (SSSR count). The van der Waals surface area contributed by atoms with Crippen LogP contribution >= 0.6 is 9.24 Å². The molecule has 1 aromatic carbocycles. The van der Waals surface area contributed by atoms with Crippen molar-refractivity contribution in [1.29, 1.82) is 0 Å². The van der Waals surface area contributed by atoms with E-state index in [2.05, 4.69) is 9.24 Å². The number of aryl methyl sites for hydroxylation is 1. The zero-order chi connectivity index (χ0) is 7.40. The maximum atomic E-state index is 5.30. The Morgan fingerprint density at radius 1 is 1.40 bits per heavy atom. The fourth-order valence-corrected chi connectivity index (χ4v) is 0.988. The average Bonchev–Trinajstić information content (AvgIpc) is 1.94. The van der Waals surface area contributed by atoms with Gasteiger partial charge < -0.3 is 4.74 Å². The Balaban J connectivity index is 2.81. The molecule has 0 bridgehead atoms. The zero-order valence-corrected chi connectivity index (χ0v) is 7.16. The lowest BCUT2D eigenvalue weighted by molar-refractivity contribution is 0.390. The van der Waals surface area contributed by atoms with Crippen molar-refractivity contribution in [2.75, 3.05) is 6.35 Å². The van der Waals surface area contributed by atoms with Gasteiger partial charge in [0.25, 0.3) is 0 Å². The number of ether oxygens (including phenoxy) is 1. The van der Waals surface area contributed by atoms with Crippen LogP contribution in [0.4, 0.5) is 0 Å². The summed E-state index contributed by atoms with van der Waals surface area (Å²) in [6.07, 6.45) is 0.658. The van der Waals surface area contributed by atoms with E-state index >= 15 is 0 Å². The Labute approximate surface area is 63.6 Å². The molecule has 2 heteroatoms. The van der Waals surface area contributed by atoms with Gasteiger partial charge in [-0.05, 0) is 18.6 Å². The van der Waals surface area contributed by atoms with Crippen LogP contribution in [0.1, 0.15) is 5.56 Å². The average molecular weight is 154 g/mol. The summed E-state index contributed by atoms with van der Waals surface area (Å²) in [7, 11) is 2.53. The van der Waals surface area contributed by atoms with Gasteiger partial charge in [-0.25, -0.2) is 0 Å². The summed E-state index contributed by atoms with van der Waals surface area (Å²) in [5.41, 5.74) is 1.19. The van der Waals surface area contributed by atoms with Crippen molar-refractivity contribution in [3.8, 4) is 5.75 Å². The monoisotopic (exact) mass is 154 g/mol. The molecule has 0 radical (unpaired) electrons. The second-order valence-corrected chi connectivity index (χ2v) is 2.41. The first-order valence-electron chi connectivity index (χ1n) is 3.23. The fraction of sp³-hybridized carbons (Fsp3) is 0.250. The first-order chi connectivity index (χ1) is 4.84. The zero-order valence-electron chi connectivity index (χ0n) is 6.00. The summed E-state index contributed by atoms with van der Waals surface area (Å²) in [6.45, 7) is 2.04. The maximum Gasteiger partial charge on any atom is 0.122 e. The van der Waals surface area contributed by atoms with Gasteiger partial charge in [-0.15, -0.1) is 0 Å². The molecular weight excluding hydrogens is 143 g/mol. The molecule has 0 fully saturated rings. The summed E-state index contributed by atoms with van der Waals surface area (Å²) in [4.78, 5) is 0. The van der Waals surface area contributed by atoms with Gasteiger partial charge in [-0.3, -0.25) is 0 Å². The molecule has 0 saturated carbocycles. The van der Waals surface area contributed by atoms with Gasteiger partial charge in [0.2, 0.25) is 0 Å². The third-order valence-corrected chi connectivity index (χ3v) is 1.50. The second-order valence-electron chi connectivity index (χ2n) is 2.08. The van der Waals surface area contributed by atoms with Gasteiger partial charge in [0.1, 0.15) is 12.1 Å². The third kappa shape index (κ3) is 1.71. The van der Waals surface area contributed by atoms with Crippen molar-refractivity contribution < 1.29 is 4.74 Å². The van der Waals surface area contributed by atoms with E-state index in [-0.39, 0.29) is 0 Å². The van der Waals surface area contributed by atoms with Gasteiger partial charge >= 0.3 is 0 Å². The van der Waals surface area contributed by atoms with Crippen molar-refractivity contribution in [2.45, 2.75) is 6.92 Å². The van der Waals surface area contributed by atoms with Crippen LogP contribution in [0, 0.1) is 6.92 Å². The molecule has 0 spiro atoms. The molecule has 1 atom stereocenters. The predicted octanol–water partition coefficient (Wildman–Crippen LogP) is 2.21. The largest absolute Gasteiger partial charge is 0.489 e. The molecule has 0 aliphatic carbocycles. The Morgan fingerprint density at radius 3 is 2.70 bits per heavy atom. The molecule has 0 aliphatic heterocycles. The molecule has 1 aromatic rings. The van der Waals surface area contributed by atoms with E-state index in [0.717, 1.165) is 5.75 Å². The molecule has 10 heavy (non-hydrogen) atoms. The van der Waals surface area contributed by atoms with Gasteiger partial charge in [-0.2, -0.15) is 0 Å². The summed E-state index contributed by atoms with van der Waals surface area (Å²) >= 11 is 0. The minimum absolute atomic E-state index is 0.658. The van der Waals surface area contributed by atoms with Crippen LogP contribution in [0.15, 0.2) is 24.3 Å². The lowest BCUT2D eigenvalue weighted by atomic mass is 10.2. The highest BCUT2D eigenvalue weighted by molar-refractivity contribution is 7.16. The van der Waals surface area contributed by atoms with Gasteiger partial charge in [-0.1, -0.05) is 27.4 Å². The van der Waals surface area contributed by atoms with Gasteiger partial charge in [0, 0.05) is 0 Å². The molecule has 1 nitrogen and oxygen atoms in total. The van der Waals surface area contributed by atoms with Gasteiger partial charge in [0.15, 0.2) is 0 Å². The van der Waals surface area contributed by atoms with E-state index in [1.165, 1.54) is 5.56 Å². The van der Waals surface area contributed by atoms with Crippen molar-refractivity contribution in [2.24, 2.45) is 0 Å². The molecule has 0 saturated heterocycles. The molecule has 0 heterocycles. The van der Waals surface area contributed by atoms with E-state index in [9.17, 15) is 0 Å². The molecular formula is C8H11OP. The molecule has 0 aromatic heterocycles. The van der Waals surface area contributed by atoms with Crippen LogP contribution in [0.3, 0.4) is 0 Å². The summed E-state index contributed by atoms with van der Waals surface area (Å²) in [5, 5.41) is 0. The lowest BCUT2D eigenvalue weighted by Crippen LogP contribution is -1.89. The molecule has 0 amide bonds. The maximum absolute atomic E-state index is 5.30. The Kier molecular flexibility index (Phi) is 2.70. The van der Waals surface area contributed by atoms with E-state index < -0.39 is 0 Å². The van der Waals surface area contributed by atoms with Crippen molar-refractivity contribution in [3.63, 3.8) is 0 Å². The quantitative estimate of drug-likeness (QED) is 0.593. The predicted molar refractivity (Wildman–Crippen MR) is 46.4 cm³/mol. The number of hydrogen-bond acceptors (Lipinski definition) is 1. The minimum atomic E-state index is 0.658. The van der Waals surface area contributed by atoms with E-state index in [4.69, 9.17) is 4.74 Å². The highest BCUT2D eigenvalue weighted by Gasteiger charge is 1.93. The normalized spacial score (nSPS) is 9.40. The van der Waals surface area contributed by atoms with Crippen LogP contribution in [0.5, 0.6) is 5.75 Å². The Hall–Kier alpha value is -0.550. The topological polar surface area (TPSA) is 9.23 Å². The van der Waals surface area contributed by atoms with Gasteiger partial charge in [0.05, 0.1) is 0 Å². The molecule has 0 N–H and O–H groups in total. The summed E-state index contributed by atoms with van der Waals surface area (Å²) in [5.74, 6) is 0.970. The Morgan fingerprint density at radius 2 is 2.10 bits per heavy atom. The van der Waals surface area contributed by atoms with Crippen LogP contribution < -0.4 is 4.74 Å². The van der Waals surface area contributed by atoms with Crippen LogP contribution in [0.2, 0.25) is 0 Å². The smallest absolute Gasteiger partial charge is 0.122 e. The first kappa shape index (κ1) is 7.56. The number of hydrogen-bond donors (Lipinski definition) is 0. The van der Waals surface area contributed by atoms with Crippen LogP contribution in [-0.2, 0) is 0 Å². The molecule has 1 unspecified atom stereocenters. The highest BCUT2D eigenvalue weighted by Crippen LogP contribution is 2.16. The molecule has 0 aliphatic rings. The van der Waals surface area contributed by atoms with Crippen molar-refractivity contribution in [1.82, 2.24) is 0 Å². The van der Waals surface area contributed by atoms with E-state index in [1.807, 2.05) is 31.2 Å². The van der Waals surface area contributed by atoms with Crippen molar-refractivity contribution in [3.05, 3.63) is 29.8 Å². The minimum Gasteiger partial charge on any atom is -0.489 e. The number of para-hydroxylation sites is 1. The lowest BCUT2D eigenvalue weighted by Gasteiger charge is -2.04. The summed E-state index contributed by atoms with van der Waals surface area (Å²) < 4.78 is 5.30. The Bertz CT molecular complexity index is 210. The van der Waals surface area contributed by atoms with Crippen LogP contribution in [-0.4, -0.2) is 6.35 Å². The van der Waals surface area contributed by atoms with E-state index in [1.54, 1.807) is 0 Å².